The first-order valence-electron chi connectivity index (χ1n) is 5.23. The highest BCUT2D eigenvalue weighted by Crippen LogP contribution is 2.62. The molecular weight excluding hydrogens is 401 g/mol. The van der Waals surface area contributed by atoms with Gasteiger partial charge >= 0.3 is 34.9 Å². The Balaban J connectivity index is 6.33. The molecule has 0 aliphatic heterocycles. The monoisotopic (exact) mass is 405 g/mol. The van der Waals surface area contributed by atoms with Gasteiger partial charge in [-0.1, -0.05) is 0 Å². The average molecular weight is 405 g/mol. The normalized spacial score (nSPS) is 16.7. The summed E-state index contributed by atoms with van der Waals surface area (Å²) in [5.41, 5.74) is 0. The van der Waals surface area contributed by atoms with Crippen LogP contribution in [-0.4, -0.2) is 41.0 Å². The van der Waals surface area contributed by atoms with Crippen molar-refractivity contribution in [3.63, 3.8) is 0 Å². The fraction of sp³-hybridized carbons (Fsp3) is 0.889. The molecule has 1 nitrogen and oxygen atoms in total. The zero-order valence-electron chi connectivity index (χ0n) is 10.8. The molecule has 0 amide bonds. The summed E-state index contributed by atoms with van der Waals surface area (Å²) in [6.45, 7) is -0.472. The molecule has 0 aliphatic rings. The fourth-order valence-corrected chi connectivity index (χ4v) is 1.53. The molecule has 0 bridgehead atoms. The third kappa shape index (κ3) is 2.86. The highest BCUT2D eigenvalue weighted by Gasteiger charge is 2.90. The van der Waals surface area contributed by atoms with Crippen molar-refractivity contribution < 1.29 is 57.1 Å². The predicted octanol–water partition coefficient (Wildman–Crippen LogP) is 5.33. The van der Waals surface area contributed by atoms with Crippen molar-refractivity contribution in [3.8, 4) is 5.40 Å². The Labute approximate surface area is 128 Å². The van der Waals surface area contributed by atoms with Crippen LogP contribution in [0.1, 0.15) is 6.92 Å². The van der Waals surface area contributed by atoms with Gasteiger partial charge in [0.2, 0.25) is 0 Å². The Morgan fingerprint density at radius 2 is 1.04 bits per heavy atom. The third-order valence-electron chi connectivity index (χ3n) is 2.64. The Hall–Kier alpha value is -1.07. The van der Waals surface area contributed by atoms with Crippen molar-refractivity contribution >= 4 is 11.8 Å². The molecule has 1 atom stereocenters. The zero-order chi connectivity index (χ0) is 20.0. The summed E-state index contributed by atoms with van der Waals surface area (Å²) in [5, 5.41) is 1.52. The van der Waals surface area contributed by atoms with Crippen LogP contribution in [0.25, 0.3) is 0 Å². The number of nitrogens with zero attached hydrogens (tertiary/aromatic N) is 1. The van der Waals surface area contributed by atoms with Gasteiger partial charge in [-0.3, -0.25) is 0 Å². The van der Waals surface area contributed by atoms with Crippen LogP contribution in [0.5, 0.6) is 0 Å². The van der Waals surface area contributed by atoms with Crippen LogP contribution in [0, 0.1) is 10.7 Å². The summed E-state index contributed by atoms with van der Waals surface area (Å²) in [6, 6.07) is 0. The summed E-state index contributed by atoms with van der Waals surface area (Å²) in [5.74, 6) is -37.0. The molecule has 0 aromatic heterocycles. The van der Waals surface area contributed by atoms with Gasteiger partial charge in [0.05, 0.1) is 0 Å². The Kier molecular flexibility index (Phi) is 5.76. The molecule has 0 rings (SSSR count). The molecule has 0 spiro atoms. The van der Waals surface area contributed by atoms with Crippen LogP contribution in [0.2, 0.25) is 0 Å². The lowest BCUT2D eigenvalue weighted by molar-refractivity contribution is -0.420. The molecular formula is C9H4F13NS. The lowest BCUT2D eigenvalue weighted by Gasteiger charge is -2.40. The summed E-state index contributed by atoms with van der Waals surface area (Å²) in [6.07, 6.45) is -4.23. The minimum atomic E-state index is -7.81. The Bertz CT molecular complexity index is 506. The number of hydrogen-bond acceptors (Lipinski definition) is 2. The standard InChI is InChI=1S/C9H4F13NS/c1-3(10)4(11,12)5(13,14)6(15,16)7(17,18)8(19,20)9(21,22)24-2-23/h3H,1H3. The summed E-state index contributed by atoms with van der Waals surface area (Å²) < 4.78 is 167. The highest BCUT2D eigenvalue weighted by molar-refractivity contribution is 8.04. The molecule has 0 radical (unpaired) electrons. The maximum absolute atomic E-state index is 13.0. The highest BCUT2D eigenvalue weighted by atomic mass is 32.2. The van der Waals surface area contributed by atoms with E-state index in [1.807, 2.05) is 0 Å². The number of nitriles is 1. The van der Waals surface area contributed by atoms with Crippen LogP contribution in [0.4, 0.5) is 57.1 Å². The lowest BCUT2D eigenvalue weighted by Crippen LogP contribution is -2.71. The minimum absolute atomic E-state index is 0.138. The van der Waals surface area contributed by atoms with Gasteiger partial charge in [0.1, 0.15) is 5.40 Å². The van der Waals surface area contributed by atoms with E-state index >= 15 is 0 Å². The molecule has 0 fully saturated rings. The van der Waals surface area contributed by atoms with Crippen LogP contribution < -0.4 is 0 Å². The van der Waals surface area contributed by atoms with Gasteiger partial charge in [0.15, 0.2) is 6.17 Å². The second kappa shape index (κ2) is 6.03. The number of rotatable bonds is 7. The second-order valence-corrected chi connectivity index (χ2v) is 5.15. The first-order valence-corrected chi connectivity index (χ1v) is 6.05. The molecule has 1 unspecified atom stereocenters. The number of thioether (sulfide) groups is 1. The third-order valence-corrected chi connectivity index (χ3v) is 3.24. The van der Waals surface area contributed by atoms with E-state index in [9.17, 15) is 57.1 Å². The van der Waals surface area contributed by atoms with Gasteiger partial charge in [-0.2, -0.15) is 57.9 Å². The number of hydrogen-bond donors (Lipinski definition) is 0. The molecule has 0 saturated carbocycles. The summed E-state index contributed by atoms with van der Waals surface area (Å²) in [7, 11) is 0. The van der Waals surface area contributed by atoms with Crippen molar-refractivity contribution in [3.05, 3.63) is 0 Å². The van der Waals surface area contributed by atoms with E-state index in [4.69, 9.17) is 5.26 Å². The van der Waals surface area contributed by atoms with Crippen LogP contribution >= 0.6 is 11.8 Å². The van der Waals surface area contributed by atoms with Gasteiger partial charge in [-0.15, -0.1) is 0 Å². The number of thiocyanates is 1. The average Bonchev–Trinajstić information content (AvgIpc) is 2.37. The van der Waals surface area contributed by atoms with Crippen molar-refractivity contribution in [1.82, 2.24) is 0 Å². The van der Waals surface area contributed by atoms with E-state index in [1.165, 1.54) is 0 Å². The summed E-state index contributed by atoms with van der Waals surface area (Å²) in [4.78, 5) is 0. The maximum atomic E-state index is 13.0. The van der Waals surface area contributed by atoms with E-state index in [-0.39, 0.29) is 5.40 Å². The van der Waals surface area contributed by atoms with Crippen molar-refractivity contribution in [2.24, 2.45) is 0 Å². The van der Waals surface area contributed by atoms with Crippen LogP contribution in [0.3, 0.4) is 0 Å². The van der Waals surface area contributed by atoms with E-state index in [0.717, 1.165) is 0 Å². The molecule has 0 aromatic rings. The smallest absolute Gasteiger partial charge is 0.241 e. The van der Waals surface area contributed by atoms with Gasteiger partial charge in [-0.25, -0.2) is 4.39 Å². The van der Waals surface area contributed by atoms with Gasteiger partial charge in [0.25, 0.3) is 0 Å². The van der Waals surface area contributed by atoms with Gasteiger partial charge in [-0.05, 0) is 6.92 Å². The molecule has 24 heavy (non-hydrogen) atoms. The lowest BCUT2D eigenvalue weighted by atomic mass is 9.92. The van der Waals surface area contributed by atoms with Gasteiger partial charge < -0.3 is 0 Å². The summed E-state index contributed by atoms with van der Waals surface area (Å²) >= 11 is -1.99. The number of alkyl halides is 13. The van der Waals surface area contributed by atoms with E-state index in [2.05, 4.69) is 0 Å². The molecule has 0 heterocycles. The Morgan fingerprint density at radius 3 is 1.33 bits per heavy atom. The quantitative estimate of drug-likeness (QED) is 0.423. The largest absolute Gasteiger partial charge is 0.389 e. The van der Waals surface area contributed by atoms with E-state index in [0.29, 0.717) is 0 Å². The molecule has 0 N–H and O–H groups in total. The van der Waals surface area contributed by atoms with E-state index < -0.39 is 59.7 Å². The second-order valence-electron chi connectivity index (χ2n) is 4.25. The van der Waals surface area contributed by atoms with Gasteiger partial charge in [0, 0.05) is 11.8 Å². The SMILES string of the molecule is CC(F)C(F)(F)C(F)(F)C(F)(F)C(F)(F)C(F)(F)C(F)(F)SC#N. The van der Waals surface area contributed by atoms with Crippen LogP contribution in [-0.2, 0) is 0 Å². The maximum Gasteiger partial charge on any atom is 0.389 e. The predicted molar refractivity (Wildman–Crippen MR) is 53.5 cm³/mol. The van der Waals surface area contributed by atoms with Crippen molar-refractivity contribution in [2.45, 2.75) is 48.0 Å². The van der Waals surface area contributed by atoms with E-state index in [1.54, 1.807) is 0 Å². The van der Waals surface area contributed by atoms with Crippen LogP contribution in [0.15, 0.2) is 0 Å². The topological polar surface area (TPSA) is 23.8 Å². The molecule has 15 heteroatoms. The van der Waals surface area contributed by atoms with Crippen molar-refractivity contribution in [1.29, 1.82) is 5.26 Å². The molecule has 142 valence electrons. The minimum Gasteiger partial charge on any atom is -0.241 e. The van der Waals surface area contributed by atoms with Crippen molar-refractivity contribution in [2.75, 3.05) is 0 Å². The first kappa shape index (κ1) is 22.9. The fourth-order valence-electron chi connectivity index (χ4n) is 1.16. The Morgan fingerprint density at radius 1 is 0.708 bits per heavy atom. The zero-order valence-corrected chi connectivity index (χ0v) is 11.7. The molecule has 0 saturated heterocycles. The molecule has 0 aliphatic carbocycles. The molecule has 0 aromatic carbocycles. The number of halogens is 13. The first-order chi connectivity index (χ1) is 10.3.